The van der Waals surface area contributed by atoms with E-state index in [0.717, 1.165) is 24.1 Å². The van der Waals surface area contributed by atoms with Crippen molar-refractivity contribution < 1.29 is 4.79 Å². The van der Waals surface area contributed by atoms with Crippen molar-refractivity contribution in [3.05, 3.63) is 65.2 Å². The molecule has 1 fully saturated rings. The van der Waals surface area contributed by atoms with Crippen molar-refractivity contribution in [2.24, 2.45) is 0 Å². The van der Waals surface area contributed by atoms with E-state index < -0.39 is 6.04 Å². The van der Waals surface area contributed by atoms with Gasteiger partial charge in [-0.25, -0.2) is 0 Å². The van der Waals surface area contributed by atoms with Crippen molar-refractivity contribution in [3.8, 4) is 0 Å². The zero-order valence-electron chi connectivity index (χ0n) is 11.6. The van der Waals surface area contributed by atoms with Gasteiger partial charge in [0.15, 0.2) is 0 Å². The Morgan fingerprint density at radius 1 is 1.05 bits per heavy atom. The number of nitrogens with one attached hydrogen (secondary N) is 2. The van der Waals surface area contributed by atoms with E-state index in [0.29, 0.717) is 11.1 Å². The second-order valence-corrected chi connectivity index (χ2v) is 5.71. The minimum atomic E-state index is -0.395. The maximum absolute atomic E-state index is 12.5. The van der Waals surface area contributed by atoms with Gasteiger partial charge in [-0.15, -0.1) is 0 Å². The molecule has 2 N–H and O–H groups in total. The van der Waals surface area contributed by atoms with E-state index >= 15 is 0 Å². The minimum absolute atomic E-state index is 0.0126. The second-order valence-electron chi connectivity index (χ2n) is 5.28. The van der Waals surface area contributed by atoms with Gasteiger partial charge in [-0.1, -0.05) is 41.9 Å². The lowest BCUT2D eigenvalue weighted by atomic mass is 10.1. The summed E-state index contributed by atoms with van der Waals surface area (Å²) in [5.74, 6) is 0.0126. The molecule has 2 aromatic carbocycles. The van der Waals surface area contributed by atoms with Crippen LogP contribution in [0, 0.1) is 0 Å². The fourth-order valence-electron chi connectivity index (χ4n) is 2.17. The van der Waals surface area contributed by atoms with Crippen molar-refractivity contribution >= 4 is 23.2 Å². The second kappa shape index (κ2) is 6.19. The molecule has 108 valence electrons. The summed E-state index contributed by atoms with van der Waals surface area (Å²) in [6.07, 6.45) is 2.16. The highest BCUT2D eigenvalue weighted by Crippen LogP contribution is 2.24. The number of anilines is 1. The molecule has 0 unspecified atom stereocenters. The minimum Gasteiger partial charge on any atom is -0.370 e. The lowest BCUT2D eigenvalue weighted by Crippen LogP contribution is -2.34. The molecule has 0 radical (unpaired) electrons. The van der Waals surface area contributed by atoms with Gasteiger partial charge in [0.25, 0.3) is 0 Å². The van der Waals surface area contributed by atoms with Crippen LogP contribution in [0.2, 0.25) is 5.02 Å². The van der Waals surface area contributed by atoms with E-state index in [1.807, 2.05) is 54.6 Å². The smallest absolute Gasteiger partial charge is 0.247 e. The highest BCUT2D eigenvalue weighted by atomic mass is 35.5. The van der Waals surface area contributed by atoms with E-state index in [9.17, 15) is 4.79 Å². The number of carbonyl (C=O) groups is 1. The summed E-state index contributed by atoms with van der Waals surface area (Å²) in [5, 5.41) is 7.02. The normalized spacial score (nSPS) is 15.3. The first kappa shape index (κ1) is 14.0. The molecule has 4 heteroatoms. The molecule has 0 aromatic heterocycles. The molecule has 21 heavy (non-hydrogen) atoms. The van der Waals surface area contributed by atoms with Crippen LogP contribution in [0.1, 0.15) is 24.4 Å². The quantitative estimate of drug-likeness (QED) is 0.882. The monoisotopic (exact) mass is 300 g/mol. The van der Waals surface area contributed by atoms with E-state index in [1.165, 1.54) is 0 Å². The lowest BCUT2D eigenvalue weighted by molar-refractivity contribution is -0.122. The largest absolute Gasteiger partial charge is 0.370 e. The Morgan fingerprint density at radius 3 is 2.33 bits per heavy atom. The number of halogens is 1. The van der Waals surface area contributed by atoms with Crippen LogP contribution in [0.15, 0.2) is 54.6 Å². The molecule has 0 bridgehead atoms. The lowest BCUT2D eigenvalue weighted by Gasteiger charge is -2.20. The molecule has 3 rings (SSSR count). The van der Waals surface area contributed by atoms with Gasteiger partial charge in [-0.05, 0) is 42.7 Å². The molecule has 2 aromatic rings. The van der Waals surface area contributed by atoms with Crippen molar-refractivity contribution in [1.82, 2.24) is 5.32 Å². The summed E-state index contributed by atoms with van der Waals surface area (Å²) in [6, 6.07) is 17.1. The molecule has 1 atom stereocenters. The Balaban J connectivity index is 1.80. The number of hydrogen-bond acceptors (Lipinski definition) is 2. The number of carbonyl (C=O) groups excluding carboxylic acids is 1. The van der Waals surface area contributed by atoms with Crippen LogP contribution in [0.3, 0.4) is 0 Å². The summed E-state index contributed by atoms with van der Waals surface area (Å²) in [5.41, 5.74) is 1.82. The summed E-state index contributed by atoms with van der Waals surface area (Å²) < 4.78 is 0. The fraction of sp³-hybridized carbons (Fsp3) is 0.235. The number of hydrogen-bond donors (Lipinski definition) is 2. The highest BCUT2D eigenvalue weighted by molar-refractivity contribution is 6.30. The molecule has 0 aliphatic heterocycles. The average Bonchev–Trinajstić information content (AvgIpc) is 3.31. The maximum atomic E-state index is 12.5. The van der Waals surface area contributed by atoms with Gasteiger partial charge in [0.1, 0.15) is 6.04 Å². The highest BCUT2D eigenvalue weighted by Gasteiger charge is 2.28. The third kappa shape index (κ3) is 3.76. The third-order valence-corrected chi connectivity index (χ3v) is 3.73. The molecular formula is C17H17ClN2O. The molecule has 3 nitrogen and oxygen atoms in total. The SMILES string of the molecule is O=C(NC1CC1)[C@H](Nc1ccc(Cl)cc1)c1ccccc1. The van der Waals surface area contributed by atoms with Crippen LogP contribution in [-0.4, -0.2) is 11.9 Å². The van der Waals surface area contributed by atoms with Gasteiger partial charge in [0.2, 0.25) is 5.91 Å². The predicted molar refractivity (Wildman–Crippen MR) is 85.4 cm³/mol. The summed E-state index contributed by atoms with van der Waals surface area (Å²) in [4.78, 5) is 12.5. The van der Waals surface area contributed by atoms with E-state index in [1.54, 1.807) is 0 Å². The fourth-order valence-corrected chi connectivity index (χ4v) is 2.30. The van der Waals surface area contributed by atoms with E-state index in [4.69, 9.17) is 11.6 Å². The van der Waals surface area contributed by atoms with Crippen LogP contribution < -0.4 is 10.6 Å². The van der Waals surface area contributed by atoms with Crippen molar-refractivity contribution in [3.63, 3.8) is 0 Å². The Labute approximate surface area is 129 Å². The van der Waals surface area contributed by atoms with Crippen LogP contribution in [0.5, 0.6) is 0 Å². The van der Waals surface area contributed by atoms with Crippen LogP contribution >= 0.6 is 11.6 Å². The topological polar surface area (TPSA) is 41.1 Å². The number of amides is 1. The van der Waals surface area contributed by atoms with Gasteiger partial charge >= 0.3 is 0 Å². The first-order valence-electron chi connectivity index (χ1n) is 7.10. The summed E-state index contributed by atoms with van der Waals surface area (Å²) in [6.45, 7) is 0. The maximum Gasteiger partial charge on any atom is 0.247 e. The number of rotatable bonds is 5. The molecule has 1 aliphatic carbocycles. The molecule has 0 saturated heterocycles. The van der Waals surface area contributed by atoms with E-state index in [2.05, 4.69) is 10.6 Å². The van der Waals surface area contributed by atoms with Crippen LogP contribution in [0.4, 0.5) is 5.69 Å². The first-order valence-corrected chi connectivity index (χ1v) is 7.47. The van der Waals surface area contributed by atoms with Gasteiger partial charge in [-0.3, -0.25) is 4.79 Å². The molecule has 1 amide bonds. The first-order chi connectivity index (χ1) is 10.2. The van der Waals surface area contributed by atoms with Crippen LogP contribution in [-0.2, 0) is 4.79 Å². The Morgan fingerprint density at radius 2 is 1.71 bits per heavy atom. The Kier molecular flexibility index (Phi) is 4.11. The standard InChI is InChI=1S/C17H17ClN2O/c18-13-6-8-14(9-7-13)19-16(12-4-2-1-3-5-12)17(21)20-15-10-11-15/h1-9,15-16,19H,10-11H2,(H,20,21)/t16-/m1/s1. The third-order valence-electron chi connectivity index (χ3n) is 3.47. The molecule has 0 heterocycles. The Bertz CT molecular complexity index is 608. The number of benzene rings is 2. The molecule has 1 aliphatic rings. The van der Waals surface area contributed by atoms with Gasteiger partial charge in [-0.2, -0.15) is 0 Å². The molecule has 0 spiro atoms. The Hall–Kier alpha value is -2.00. The summed E-state index contributed by atoms with van der Waals surface area (Å²) >= 11 is 5.90. The van der Waals surface area contributed by atoms with E-state index in [-0.39, 0.29) is 5.91 Å². The zero-order chi connectivity index (χ0) is 14.7. The average molecular weight is 301 g/mol. The van der Waals surface area contributed by atoms with Crippen molar-refractivity contribution in [2.75, 3.05) is 5.32 Å². The van der Waals surface area contributed by atoms with Gasteiger partial charge in [0.05, 0.1) is 0 Å². The molecular weight excluding hydrogens is 284 g/mol. The molecule has 1 saturated carbocycles. The van der Waals surface area contributed by atoms with Crippen molar-refractivity contribution in [1.29, 1.82) is 0 Å². The van der Waals surface area contributed by atoms with Gasteiger partial charge in [0, 0.05) is 16.8 Å². The van der Waals surface area contributed by atoms with Crippen molar-refractivity contribution in [2.45, 2.75) is 24.9 Å². The van der Waals surface area contributed by atoms with Crippen LogP contribution in [0.25, 0.3) is 0 Å². The van der Waals surface area contributed by atoms with Gasteiger partial charge < -0.3 is 10.6 Å². The summed E-state index contributed by atoms with van der Waals surface area (Å²) in [7, 11) is 0. The predicted octanol–water partition coefficient (Wildman–Crippen LogP) is 3.77. The zero-order valence-corrected chi connectivity index (χ0v) is 12.3.